The Morgan fingerprint density at radius 1 is 1.27 bits per heavy atom. The quantitative estimate of drug-likeness (QED) is 0.821. The van der Waals surface area contributed by atoms with Gasteiger partial charge in [-0.15, -0.1) is 11.3 Å². The summed E-state index contributed by atoms with van der Waals surface area (Å²) in [7, 11) is 0. The lowest BCUT2D eigenvalue weighted by atomic mass is 10.3. The van der Waals surface area contributed by atoms with Crippen LogP contribution in [0.3, 0.4) is 0 Å². The van der Waals surface area contributed by atoms with Crippen LogP contribution in [0.2, 0.25) is 0 Å². The Bertz CT molecular complexity index is 455. The largest absolute Gasteiger partial charge is 0.485 e. The van der Waals surface area contributed by atoms with Crippen LogP contribution in [0.5, 0.6) is 5.75 Å². The third kappa shape index (κ3) is 2.58. The van der Waals surface area contributed by atoms with Gasteiger partial charge in [0, 0.05) is 4.47 Å². The fourth-order valence-electron chi connectivity index (χ4n) is 1.13. The standard InChI is InChI=1S/C11H8BrFOS/c12-8-5-6-15-11(8)7-14-10-4-2-1-3-9(10)13/h1-6H,7H2. The molecule has 0 saturated carbocycles. The summed E-state index contributed by atoms with van der Waals surface area (Å²) in [6, 6.07) is 8.35. The number of para-hydroxylation sites is 1. The molecular weight excluding hydrogens is 279 g/mol. The third-order valence-corrected chi connectivity index (χ3v) is 3.79. The molecule has 0 radical (unpaired) electrons. The minimum absolute atomic E-state index is 0.290. The van der Waals surface area contributed by atoms with E-state index in [0.717, 1.165) is 9.35 Å². The monoisotopic (exact) mass is 286 g/mol. The molecular formula is C11H8BrFOS. The van der Waals surface area contributed by atoms with Crippen molar-refractivity contribution in [2.24, 2.45) is 0 Å². The topological polar surface area (TPSA) is 9.23 Å². The molecule has 2 rings (SSSR count). The number of ether oxygens (including phenoxy) is 1. The molecule has 0 N–H and O–H groups in total. The molecule has 0 aliphatic rings. The molecule has 1 heterocycles. The summed E-state index contributed by atoms with van der Waals surface area (Å²) in [6.07, 6.45) is 0. The molecule has 0 atom stereocenters. The van der Waals surface area contributed by atoms with Gasteiger partial charge in [-0.1, -0.05) is 12.1 Å². The van der Waals surface area contributed by atoms with Crippen molar-refractivity contribution in [3.8, 4) is 5.75 Å². The van der Waals surface area contributed by atoms with E-state index >= 15 is 0 Å². The molecule has 1 aromatic heterocycles. The molecule has 0 aliphatic carbocycles. The maximum absolute atomic E-state index is 13.2. The highest BCUT2D eigenvalue weighted by atomic mass is 79.9. The van der Waals surface area contributed by atoms with Gasteiger partial charge < -0.3 is 4.74 Å². The van der Waals surface area contributed by atoms with Gasteiger partial charge in [0.15, 0.2) is 11.6 Å². The highest BCUT2D eigenvalue weighted by molar-refractivity contribution is 9.10. The Labute approximate surface area is 99.6 Å². The second-order valence-electron chi connectivity index (χ2n) is 2.91. The zero-order valence-electron chi connectivity index (χ0n) is 7.74. The van der Waals surface area contributed by atoms with E-state index in [1.54, 1.807) is 29.5 Å². The van der Waals surface area contributed by atoms with Crippen molar-refractivity contribution in [1.29, 1.82) is 0 Å². The first-order valence-corrected chi connectivity index (χ1v) is 6.04. The summed E-state index contributed by atoms with van der Waals surface area (Å²) < 4.78 is 19.6. The minimum Gasteiger partial charge on any atom is -0.485 e. The molecule has 0 fully saturated rings. The van der Waals surface area contributed by atoms with Crippen molar-refractivity contribution in [2.75, 3.05) is 0 Å². The molecule has 1 nitrogen and oxygen atoms in total. The van der Waals surface area contributed by atoms with Gasteiger partial charge in [0.2, 0.25) is 0 Å². The minimum atomic E-state index is -0.329. The van der Waals surface area contributed by atoms with Crippen LogP contribution in [0, 0.1) is 5.82 Å². The van der Waals surface area contributed by atoms with E-state index in [1.165, 1.54) is 6.07 Å². The number of rotatable bonds is 3. The lowest BCUT2D eigenvalue weighted by Gasteiger charge is -2.05. The molecule has 15 heavy (non-hydrogen) atoms. The molecule has 2 aromatic rings. The summed E-state index contributed by atoms with van der Waals surface area (Å²) in [5.74, 6) is -0.0389. The molecule has 1 aromatic carbocycles. The summed E-state index contributed by atoms with van der Waals surface area (Å²) in [5, 5.41) is 1.96. The van der Waals surface area contributed by atoms with E-state index < -0.39 is 0 Å². The van der Waals surface area contributed by atoms with E-state index in [0.29, 0.717) is 6.61 Å². The number of hydrogen-bond acceptors (Lipinski definition) is 2. The molecule has 0 aliphatic heterocycles. The van der Waals surface area contributed by atoms with Crippen LogP contribution in [-0.4, -0.2) is 0 Å². The molecule has 0 unspecified atom stereocenters. The fraction of sp³-hybridized carbons (Fsp3) is 0.0909. The highest BCUT2D eigenvalue weighted by Crippen LogP contribution is 2.25. The van der Waals surface area contributed by atoms with Crippen LogP contribution < -0.4 is 4.74 Å². The van der Waals surface area contributed by atoms with E-state index in [2.05, 4.69) is 15.9 Å². The third-order valence-electron chi connectivity index (χ3n) is 1.89. The van der Waals surface area contributed by atoms with Crippen LogP contribution in [0.15, 0.2) is 40.2 Å². The van der Waals surface area contributed by atoms with E-state index in [1.807, 2.05) is 11.4 Å². The highest BCUT2D eigenvalue weighted by Gasteiger charge is 2.05. The maximum Gasteiger partial charge on any atom is 0.165 e. The Hall–Kier alpha value is -0.870. The summed E-state index contributed by atoms with van der Waals surface area (Å²) in [4.78, 5) is 1.05. The lowest BCUT2D eigenvalue weighted by Crippen LogP contribution is -1.95. The zero-order chi connectivity index (χ0) is 10.7. The lowest BCUT2D eigenvalue weighted by molar-refractivity contribution is 0.293. The Morgan fingerprint density at radius 3 is 2.73 bits per heavy atom. The van der Waals surface area contributed by atoms with Gasteiger partial charge in [-0.25, -0.2) is 4.39 Å². The molecule has 78 valence electrons. The molecule has 0 amide bonds. The smallest absolute Gasteiger partial charge is 0.165 e. The van der Waals surface area contributed by atoms with Gasteiger partial charge >= 0.3 is 0 Å². The molecule has 0 spiro atoms. The van der Waals surface area contributed by atoms with Crippen LogP contribution in [0.4, 0.5) is 4.39 Å². The van der Waals surface area contributed by atoms with Crippen molar-refractivity contribution in [2.45, 2.75) is 6.61 Å². The van der Waals surface area contributed by atoms with Crippen LogP contribution in [0.1, 0.15) is 4.88 Å². The average Bonchev–Trinajstić information content (AvgIpc) is 2.63. The maximum atomic E-state index is 13.2. The van der Waals surface area contributed by atoms with Crippen LogP contribution >= 0.6 is 27.3 Å². The van der Waals surface area contributed by atoms with Gasteiger partial charge in [0.25, 0.3) is 0 Å². The van der Waals surface area contributed by atoms with E-state index in [4.69, 9.17) is 4.74 Å². The Morgan fingerprint density at radius 2 is 2.07 bits per heavy atom. The first kappa shape index (κ1) is 10.6. The first-order valence-electron chi connectivity index (χ1n) is 4.36. The van der Waals surface area contributed by atoms with Gasteiger partial charge in [-0.3, -0.25) is 0 Å². The van der Waals surface area contributed by atoms with Gasteiger partial charge in [0.05, 0.1) is 4.88 Å². The number of benzene rings is 1. The van der Waals surface area contributed by atoms with Crippen molar-refractivity contribution in [1.82, 2.24) is 0 Å². The van der Waals surface area contributed by atoms with Crippen molar-refractivity contribution in [3.05, 3.63) is 50.9 Å². The second kappa shape index (κ2) is 4.77. The number of hydrogen-bond donors (Lipinski definition) is 0. The normalized spacial score (nSPS) is 10.3. The van der Waals surface area contributed by atoms with Crippen molar-refractivity contribution < 1.29 is 9.13 Å². The van der Waals surface area contributed by atoms with Crippen molar-refractivity contribution >= 4 is 27.3 Å². The van der Waals surface area contributed by atoms with Gasteiger partial charge in [-0.2, -0.15) is 0 Å². The van der Waals surface area contributed by atoms with Gasteiger partial charge in [-0.05, 0) is 39.5 Å². The second-order valence-corrected chi connectivity index (χ2v) is 4.77. The van der Waals surface area contributed by atoms with Gasteiger partial charge in [0.1, 0.15) is 6.61 Å². The number of thiophene rings is 1. The SMILES string of the molecule is Fc1ccccc1OCc1sccc1Br. The fourth-order valence-corrected chi connectivity index (χ4v) is 2.51. The zero-order valence-corrected chi connectivity index (χ0v) is 10.1. The predicted octanol–water partition coefficient (Wildman–Crippen LogP) is 4.23. The van der Waals surface area contributed by atoms with Crippen LogP contribution in [0.25, 0.3) is 0 Å². The van der Waals surface area contributed by atoms with E-state index in [-0.39, 0.29) is 11.6 Å². The molecule has 4 heteroatoms. The molecule has 0 bridgehead atoms. The Balaban J connectivity index is 2.06. The van der Waals surface area contributed by atoms with Crippen LogP contribution in [-0.2, 0) is 6.61 Å². The van der Waals surface area contributed by atoms with Crippen molar-refractivity contribution in [3.63, 3.8) is 0 Å². The predicted molar refractivity (Wildman–Crippen MR) is 62.8 cm³/mol. The summed E-state index contributed by atoms with van der Waals surface area (Å²) >= 11 is 4.98. The summed E-state index contributed by atoms with van der Waals surface area (Å²) in [5.41, 5.74) is 0. The summed E-state index contributed by atoms with van der Waals surface area (Å²) in [6.45, 7) is 0.388. The number of halogens is 2. The Kier molecular flexibility index (Phi) is 3.38. The average molecular weight is 287 g/mol. The first-order chi connectivity index (χ1) is 7.27. The molecule has 0 saturated heterocycles. The van der Waals surface area contributed by atoms with E-state index in [9.17, 15) is 4.39 Å².